The molecule has 3 aliphatic rings. The van der Waals surface area contributed by atoms with E-state index in [-0.39, 0.29) is 12.0 Å². The van der Waals surface area contributed by atoms with Crippen LogP contribution in [-0.2, 0) is 4.74 Å². The second-order valence-electron chi connectivity index (χ2n) is 8.51. The van der Waals surface area contributed by atoms with Gasteiger partial charge < -0.3 is 4.74 Å². The molecule has 1 saturated heterocycles. The smallest absolute Gasteiger partial charge is 0.316 e. The lowest BCUT2D eigenvalue weighted by atomic mass is 9.66. The summed E-state index contributed by atoms with van der Waals surface area (Å²) in [5.74, 6) is 1.55. The molecule has 0 unspecified atom stereocenters. The van der Waals surface area contributed by atoms with Crippen LogP contribution >= 0.6 is 0 Å². The molecule has 0 aromatic rings. The Hall–Kier alpha value is -0.440. The number of hydrogen-bond donors (Lipinski definition) is 0. The Morgan fingerprint density at radius 3 is 2.08 bits per heavy atom. The van der Waals surface area contributed by atoms with E-state index in [0.29, 0.717) is 11.8 Å². The summed E-state index contributed by atoms with van der Waals surface area (Å²) in [4.78, 5) is 0. The standard InChI is InChI=1S/C21H34F2O/c1-3-5-6-16-9-11-17(12-10-16)19-20(24-21(19,22)23)18-13-7-15(4-2)8-14-18/h3,15-20H,1,4-14H2,2H3/t15?,16?,17?,18?,19-,20-/m0/s1. The highest BCUT2D eigenvalue weighted by Crippen LogP contribution is 2.55. The molecule has 0 bridgehead atoms. The summed E-state index contributed by atoms with van der Waals surface area (Å²) in [6.07, 6.45) is 11.1. The first-order chi connectivity index (χ1) is 11.5. The molecule has 0 N–H and O–H groups in total. The number of hydrogen-bond acceptors (Lipinski definition) is 1. The van der Waals surface area contributed by atoms with Gasteiger partial charge >= 0.3 is 6.11 Å². The maximum atomic E-state index is 14.2. The van der Waals surface area contributed by atoms with Crippen molar-refractivity contribution in [1.82, 2.24) is 0 Å². The molecule has 1 aliphatic heterocycles. The van der Waals surface area contributed by atoms with E-state index in [4.69, 9.17) is 4.74 Å². The molecule has 2 saturated carbocycles. The number of ether oxygens (including phenoxy) is 1. The lowest BCUT2D eigenvalue weighted by molar-refractivity contribution is -0.418. The molecule has 3 rings (SSSR count). The van der Waals surface area contributed by atoms with Crippen molar-refractivity contribution in [3.63, 3.8) is 0 Å². The van der Waals surface area contributed by atoms with Gasteiger partial charge in [0.05, 0.1) is 12.0 Å². The quantitative estimate of drug-likeness (QED) is 0.496. The van der Waals surface area contributed by atoms with Gasteiger partial charge in [-0.15, -0.1) is 6.58 Å². The molecule has 2 aliphatic carbocycles. The lowest BCUT2D eigenvalue weighted by Gasteiger charge is -2.53. The van der Waals surface area contributed by atoms with Crippen molar-refractivity contribution in [1.29, 1.82) is 0 Å². The van der Waals surface area contributed by atoms with E-state index in [1.165, 1.54) is 25.7 Å². The van der Waals surface area contributed by atoms with Gasteiger partial charge in [0.25, 0.3) is 0 Å². The van der Waals surface area contributed by atoms with Crippen LogP contribution in [0, 0.1) is 29.6 Å². The molecule has 1 nitrogen and oxygen atoms in total. The van der Waals surface area contributed by atoms with Crippen molar-refractivity contribution >= 4 is 0 Å². The van der Waals surface area contributed by atoms with Crippen molar-refractivity contribution in [3.05, 3.63) is 12.7 Å². The Morgan fingerprint density at radius 2 is 1.54 bits per heavy atom. The van der Waals surface area contributed by atoms with Crippen molar-refractivity contribution < 1.29 is 13.5 Å². The predicted octanol–water partition coefficient (Wildman–Crippen LogP) is 6.58. The van der Waals surface area contributed by atoms with Gasteiger partial charge in [-0.25, -0.2) is 0 Å². The predicted molar refractivity (Wildman–Crippen MR) is 93.9 cm³/mol. The van der Waals surface area contributed by atoms with Crippen LogP contribution in [0.4, 0.5) is 8.78 Å². The molecule has 24 heavy (non-hydrogen) atoms. The monoisotopic (exact) mass is 340 g/mol. The molecule has 2 atom stereocenters. The van der Waals surface area contributed by atoms with Crippen LogP contribution in [-0.4, -0.2) is 12.2 Å². The summed E-state index contributed by atoms with van der Waals surface area (Å²) in [6.45, 7) is 6.03. The second-order valence-corrected chi connectivity index (χ2v) is 8.51. The Bertz CT molecular complexity index is 406. The van der Waals surface area contributed by atoms with E-state index in [1.54, 1.807) is 0 Å². The highest BCUT2D eigenvalue weighted by molar-refractivity contribution is 4.98. The maximum absolute atomic E-state index is 14.2. The highest BCUT2D eigenvalue weighted by Gasteiger charge is 2.62. The van der Waals surface area contributed by atoms with Crippen LogP contribution in [0.15, 0.2) is 12.7 Å². The van der Waals surface area contributed by atoms with Crippen molar-refractivity contribution in [3.8, 4) is 0 Å². The maximum Gasteiger partial charge on any atom is 0.361 e. The van der Waals surface area contributed by atoms with E-state index in [9.17, 15) is 8.78 Å². The SMILES string of the molecule is C=CCCC1CCC([C@H]2[C@H](C3CCC(CC)CC3)OC2(F)F)CC1. The minimum Gasteiger partial charge on any atom is -0.316 e. The molecule has 3 fully saturated rings. The third-order valence-electron chi connectivity index (χ3n) is 7.15. The van der Waals surface area contributed by atoms with Crippen LogP contribution in [0.3, 0.4) is 0 Å². The fraction of sp³-hybridized carbons (Fsp3) is 0.905. The summed E-state index contributed by atoms with van der Waals surface area (Å²) in [5.41, 5.74) is 0. The molecular formula is C21H34F2O. The molecule has 1 heterocycles. The van der Waals surface area contributed by atoms with E-state index in [2.05, 4.69) is 13.5 Å². The second kappa shape index (κ2) is 7.85. The molecule has 0 radical (unpaired) electrons. The van der Waals surface area contributed by atoms with Crippen LogP contribution in [0.5, 0.6) is 0 Å². The van der Waals surface area contributed by atoms with Gasteiger partial charge in [0.1, 0.15) is 0 Å². The molecule has 0 aromatic heterocycles. The van der Waals surface area contributed by atoms with Crippen molar-refractivity contribution in [2.45, 2.75) is 89.8 Å². The summed E-state index contributed by atoms with van der Waals surface area (Å²) >= 11 is 0. The molecule has 3 heteroatoms. The summed E-state index contributed by atoms with van der Waals surface area (Å²) in [6, 6.07) is 0. The van der Waals surface area contributed by atoms with Crippen molar-refractivity contribution in [2.75, 3.05) is 0 Å². The van der Waals surface area contributed by atoms with Crippen LogP contribution in [0.1, 0.15) is 77.6 Å². The van der Waals surface area contributed by atoms with Gasteiger partial charge in [0, 0.05) is 0 Å². The molecular weight excluding hydrogens is 306 g/mol. The normalized spacial score (nSPS) is 42.3. The van der Waals surface area contributed by atoms with E-state index in [0.717, 1.165) is 50.9 Å². The topological polar surface area (TPSA) is 9.23 Å². The van der Waals surface area contributed by atoms with Gasteiger partial charge in [-0.1, -0.05) is 45.1 Å². The van der Waals surface area contributed by atoms with E-state index in [1.807, 2.05) is 6.08 Å². The van der Waals surface area contributed by atoms with Gasteiger partial charge in [0.15, 0.2) is 0 Å². The first kappa shape index (κ1) is 18.4. The first-order valence-corrected chi connectivity index (χ1v) is 10.2. The summed E-state index contributed by atoms with van der Waals surface area (Å²) < 4.78 is 33.5. The number of alkyl halides is 2. The average Bonchev–Trinajstić information content (AvgIpc) is 2.59. The minimum absolute atomic E-state index is 0.169. The third-order valence-corrected chi connectivity index (χ3v) is 7.15. The van der Waals surface area contributed by atoms with Gasteiger partial charge in [-0.2, -0.15) is 8.78 Å². The molecule has 0 spiro atoms. The Balaban J connectivity index is 1.54. The minimum atomic E-state index is -2.87. The Kier molecular flexibility index (Phi) is 6.00. The largest absolute Gasteiger partial charge is 0.361 e. The van der Waals surface area contributed by atoms with Crippen LogP contribution in [0.2, 0.25) is 0 Å². The van der Waals surface area contributed by atoms with Crippen LogP contribution in [0.25, 0.3) is 0 Å². The highest BCUT2D eigenvalue weighted by atomic mass is 19.3. The number of rotatable bonds is 6. The Labute approximate surface area is 146 Å². The van der Waals surface area contributed by atoms with Gasteiger partial charge in [-0.05, 0) is 62.2 Å². The first-order valence-electron chi connectivity index (χ1n) is 10.2. The summed E-state index contributed by atoms with van der Waals surface area (Å²) in [7, 11) is 0. The zero-order chi connectivity index (χ0) is 17.2. The number of halogens is 2. The van der Waals surface area contributed by atoms with E-state index < -0.39 is 12.0 Å². The Morgan fingerprint density at radius 1 is 0.958 bits per heavy atom. The molecule has 0 aromatic carbocycles. The average molecular weight is 340 g/mol. The molecule has 0 amide bonds. The zero-order valence-corrected chi connectivity index (χ0v) is 15.2. The van der Waals surface area contributed by atoms with E-state index >= 15 is 0 Å². The zero-order valence-electron chi connectivity index (χ0n) is 15.2. The van der Waals surface area contributed by atoms with Crippen molar-refractivity contribution in [2.24, 2.45) is 29.6 Å². The summed E-state index contributed by atoms with van der Waals surface area (Å²) in [5, 5.41) is 0. The van der Waals surface area contributed by atoms with Crippen LogP contribution < -0.4 is 0 Å². The van der Waals surface area contributed by atoms with Gasteiger partial charge in [0.2, 0.25) is 0 Å². The third kappa shape index (κ3) is 3.86. The number of allylic oxidation sites excluding steroid dienone is 1. The fourth-order valence-electron chi connectivity index (χ4n) is 5.50. The lowest BCUT2D eigenvalue weighted by Crippen LogP contribution is -2.61. The fourth-order valence-corrected chi connectivity index (χ4v) is 5.50. The molecule has 138 valence electrons. The van der Waals surface area contributed by atoms with Gasteiger partial charge in [-0.3, -0.25) is 0 Å².